The Hall–Kier alpha value is -2.63. The Bertz CT molecular complexity index is 870. The molecule has 0 aliphatic heterocycles. The van der Waals surface area contributed by atoms with Crippen molar-refractivity contribution in [3.63, 3.8) is 0 Å². The van der Waals surface area contributed by atoms with Crippen LogP contribution in [0.2, 0.25) is 0 Å². The Balaban J connectivity index is 2.29. The summed E-state index contributed by atoms with van der Waals surface area (Å²) >= 11 is 0. The van der Waals surface area contributed by atoms with Crippen LogP contribution in [0.25, 0.3) is 22.2 Å². The van der Waals surface area contributed by atoms with Crippen molar-refractivity contribution >= 4 is 34.0 Å². The number of hydrogen-bond donors (Lipinski definition) is 1. The van der Waals surface area contributed by atoms with Crippen LogP contribution in [0.4, 0.5) is 5.82 Å². The second-order valence-corrected chi connectivity index (χ2v) is 5.37. The molecule has 0 bridgehead atoms. The van der Waals surface area contributed by atoms with Gasteiger partial charge in [-0.3, -0.25) is 0 Å². The normalized spacial score (nSPS) is 11.2. The zero-order valence-electron chi connectivity index (χ0n) is 13.4. The Morgan fingerprint density at radius 2 is 1.91 bits per heavy atom. The summed E-state index contributed by atoms with van der Waals surface area (Å²) in [5.41, 5.74) is 9.21. The van der Waals surface area contributed by atoms with E-state index < -0.39 is 5.97 Å². The average Bonchev–Trinajstić information content (AvgIpc) is 2.82. The highest BCUT2D eigenvalue weighted by Crippen LogP contribution is 2.28. The molecular weight excluding hydrogens is 292 g/mol. The Kier molecular flexibility index (Phi) is 4.14. The lowest BCUT2D eigenvalue weighted by Gasteiger charge is -2.06. The van der Waals surface area contributed by atoms with Gasteiger partial charge < -0.3 is 15.0 Å². The van der Waals surface area contributed by atoms with Crippen LogP contribution in [0.15, 0.2) is 24.3 Å². The first-order valence-electron chi connectivity index (χ1n) is 7.89. The van der Waals surface area contributed by atoms with Crippen LogP contribution in [-0.4, -0.2) is 27.1 Å². The van der Waals surface area contributed by atoms with Crippen molar-refractivity contribution < 1.29 is 9.53 Å². The molecule has 0 unspecified atom stereocenters. The molecule has 0 fully saturated rings. The van der Waals surface area contributed by atoms with E-state index in [9.17, 15) is 4.79 Å². The molecule has 0 aliphatic carbocycles. The fraction of sp³-hybridized carbons (Fsp3) is 0.353. The summed E-state index contributed by atoms with van der Waals surface area (Å²) in [5.74, 6) is -0.0722. The average molecular weight is 312 g/mol. The van der Waals surface area contributed by atoms with E-state index in [1.807, 2.05) is 28.8 Å². The van der Waals surface area contributed by atoms with E-state index in [4.69, 9.17) is 10.5 Å². The van der Waals surface area contributed by atoms with Crippen LogP contribution in [0, 0.1) is 0 Å². The number of nitrogens with two attached hydrogens (primary N) is 1. The van der Waals surface area contributed by atoms with Gasteiger partial charge in [-0.15, -0.1) is 0 Å². The summed E-state index contributed by atoms with van der Waals surface area (Å²) in [7, 11) is 0. The van der Waals surface area contributed by atoms with Crippen LogP contribution < -0.4 is 5.73 Å². The molecule has 2 aromatic heterocycles. The lowest BCUT2D eigenvalue weighted by Crippen LogP contribution is -2.09. The van der Waals surface area contributed by atoms with Gasteiger partial charge in [-0.1, -0.05) is 25.5 Å². The Morgan fingerprint density at radius 3 is 2.57 bits per heavy atom. The van der Waals surface area contributed by atoms with Crippen LogP contribution in [0.1, 0.15) is 37.0 Å². The molecule has 6 nitrogen and oxygen atoms in total. The highest BCUT2D eigenvalue weighted by atomic mass is 16.5. The zero-order valence-corrected chi connectivity index (χ0v) is 13.4. The molecule has 3 aromatic rings. The van der Waals surface area contributed by atoms with Crippen molar-refractivity contribution in [2.75, 3.05) is 12.3 Å². The van der Waals surface area contributed by atoms with E-state index in [1.54, 1.807) is 6.92 Å². The molecule has 1 aromatic carbocycles. The predicted molar refractivity (Wildman–Crippen MR) is 90.3 cm³/mol. The number of carbonyl (C=O) groups excluding carboxylic acids is 1. The van der Waals surface area contributed by atoms with Gasteiger partial charge in [0, 0.05) is 6.54 Å². The molecule has 0 radical (unpaired) electrons. The van der Waals surface area contributed by atoms with E-state index >= 15 is 0 Å². The summed E-state index contributed by atoms with van der Waals surface area (Å²) < 4.78 is 7.01. The standard InChI is InChI=1S/C17H20N4O2/c1-3-5-10-21-15(18)13(17(22)23-4-2)14-16(21)20-12-9-7-6-8-11(12)19-14/h6-9H,3-5,10,18H2,1-2H3. The summed E-state index contributed by atoms with van der Waals surface area (Å²) in [6.45, 7) is 4.87. The van der Waals surface area contributed by atoms with E-state index in [0.29, 0.717) is 35.7 Å². The quantitative estimate of drug-likeness (QED) is 0.732. The van der Waals surface area contributed by atoms with Gasteiger partial charge in [0.1, 0.15) is 16.9 Å². The maximum atomic E-state index is 12.3. The largest absolute Gasteiger partial charge is 0.462 e. The topological polar surface area (TPSA) is 83.0 Å². The minimum absolute atomic E-state index is 0.293. The van der Waals surface area contributed by atoms with Crippen molar-refractivity contribution in [1.82, 2.24) is 14.5 Å². The van der Waals surface area contributed by atoms with Crippen LogP contribution in [0.5, 0.6) is 0 Å². The van der Waals surface area contributed by atoms with E-state index in [0.717, 1.165) is 23.9 Å². The van der Waals surface area contributed by atoms with Crippen molar-refractivity contribution in [3.05, 3.63) is 29.8 Å². The summed E-state index contributed by atoms with van der Waals surface area (Å²) in [5, 5.41) is 0. The number of carbonyl (C=O) groups is 1. The number of hydrogen-bond acceptors (Lipinski definition) is 5. The number of unbranched alkanes of at least 4 members (excludes halogenated alkanes) is 1. The maximum Gasteiger partial charge on any atom is 0.344 e. The molecule has 0 amide bonds. The number of nitrogen functional groups attached to an aromatic ring is 1. The number of esters is 1. The number of rotatable bonds is 5. The molecule has 23 heavy (non-hydrogen) atoms. The number of para-hydroxylation sites is 2. The van der Waals surface area contributed by atoms with E-state index in [2.05, 4.69) is 16.9 Å². The zero-order chi connectivity index (χ0) is 16.4. The molecular formula is C17H20N4O2. The molecule has 0 saturated heterocycles. The maximum absolute atomic E-state index is 12.3. The second kappa shape index (κ2) is 6.24. The van der Waals surface area contributed by atoms with Gasteiger partial charge in [-0.2, -0.15) is 0 Å². The molecule has 0 spiro atoms. The number of ether oxygens (including phenoxy) is 1. The van der Waals surface area contributed by atoms with Crippen LogP contribution in [-0.2, 0) is 11.3 Å². The third-order valence-electron chi connectivity index (χ3n) is 3.81. The lowest BCUT2D eigenvalue weighted by molar-refractivity contribution is 0.0529. The van der Waals surface area contributed by atoms with Crippen molar-refractivity contribution in [2.24, 2.45) is 0 Å². The lowest BCUT2D eigenvalue weighted by atomic mass is 10.2. The number of benzene rings is 1. The monoisotopic (exact) mass is 312 g/mol. The number of aryl methyl sites for hydroxylation is 1. The van der Waals surface area contributed by atoms with Crippen LogP contribution in [0.3, 0.4) is 0 Å². The first-order chi connectivity index (χ1) is 11.2. The smallest absolute Gasteiger partial charge is 0.344 e. The fourth-order valence-electron chi connectivity index (χ4n) is 2.66. The second-order valence-electron chi connectivity index (χ2n) is 5.37. The minimum atomic E-state index is -0.449. The van der Waals surface area contributed by atoms with Gasteiger partial charge >= 0.3 is 5.97 Å². The first-order valence-corrected chi connectivity index (χ1v) is 7.89. The molecule has 2 heterocycles. The molecule has 2 N–H and O–H groups in total. The summed E-state index contributed by atoms with van der Waals surface area (Å²) in [6.07, 6.45) is 1.97. The summed E-state index contributed by atoms with van der Waals surface area (Å²) in [4.78, 5) is 21.6. The van der Waals surface area contributed by atoms with Crippen LogP contribution >= 0.6 is 0 Å². The number of aromatic nitrogens is 3. The fourth-order valence-corrected chi connectivity index (χ4v) is 2.66. The SMILES string of the molecule is CCCCn1c(N)c(C(=O)OCC)c2nc3ccccc3nc21. The highest BCUT2D eigenvalue weighted by Gasteiger charge is 2.24. The van der Waals surface area contributed by atoms with Crippen molar-refractivity contribution in [3.8, 4) is 0 Å². The van der Waals surface area contributed by atoms with Crippen molar-refractivity contribution in [2.45, 2.75) is 33.2 Å². The number of fused-ring (bicyclic) bond motifs is 2. The third-order valence-corrected chi connectivity index (χ3v) is 3.81. The molecule has 3 rings (SSSR count). The number of anilines is 1. The van der Waals surface area contributed by atoms with Gasteiger partial charge in [0.15, 0.2) is 5.65 Å². The van der Waals surface area contributed by atoms with Gasteiger partial charge in [0.2, 0.25) is 0 Å². The predicted octanol–water partition coefficient (Wildman–Crippen LogP) is 3.14. The summed E-state index contributed by atoms with van der Waals surface area (Å²) in [6, 6.07) is 7.58. The number of nitrogens with zero attached hydrogens (tertiary/aromatic N) is 3. The van der Waals surface area contributed by atoms with E-state index in [-0.39, 0.29) is 0 Å². The molecule has 6 heteroatoms. The molecule has 0 atom stereocenters. The minimum Gasteiger partial charge on any atom is -0.462 e. The van der Waals surface area contributed by atoms with Gasteiger partial charge in [0.05, 0.1) is 17.6 Å². The molecule has 0 aliphatic rings. The van der Waals surface area contributed by atoms with E-state index in [1.165, 1.54) is 0 Å². The Morgan fingerprint density at radius 1 is 1.22 bits per heavy atom. The third kappa shape index (κ3) is 2.60. The molecule has 120 valence electrons. The first kappa shape index (κ1) is 15.3. The van der Waals surface area contributed by atoms with Gasteiger partial charge in [-0.25, -0.2) is 14.8 Å². The molecule has 0 saturated carbocycles. The van der Waals surface area contributed by atoms with Crippen molar-refractivity contribution in [1.29, 1.82) is 0 Å². The highest BCUT2D eigenvalue weighted by molar-refractivity contribution is 6.08. The van der Waals surface area contributed by atoms with Gasteiger partial charge in [0.25, 0.3) is 0 Å². The Labute approximate surface area is 134 Å². The van der Waals surface area contributed by atoms with Gasteiger partial charge in [-0.05, 0) is 25.5 Å².